The highest BCUT2D eigenvalue weighted by molar-refractivity contribution is 5.88. The largest absolute Gasteiger partial charge is 0.459 e. The van der Waals surface area contributed by atoms with Crippen LogP contribution < -0.4 is 5.32 Å². The predicted octanol–water partition coefficient (Wildman–Crippen LogP) is 6.07. The van der Waals surface area contributed by atoms with Crippen LogP contribution in [-0.4, -0.2) is 29.8 Å². The molecule has 2 rings (SSSR count). The first-order valence-electron chi connectivity index (χ1n) is 11.9. The lowest BCUT2D eigenvalue weighted by molar-refractivity contribution is -0.151. The fourth-order valence-electron chi connectivity index (χ4n) is 4.33. The highest BCUT2D eigenvalue weighted by Crippen LogP contribution is 2.35. The summed E-state index contributed by atoms with van der Waals surface area (Å²) in [5.41, 5.74) is 0.970. The number of carbonyl (C=O) groups excluding carboxylic acids is 2. The van der Waals surface area contributed by atoms with Crippen LogP contribution in [0.1, 0.15) is 73.3 Å². The number of carbonyl (C=O) groups is 2. The summed E-state index contributed by atoms with van der Waals surface area (Å²) in [5.74, 6) is 1.12. The van der Waals surface area contributed by atoms with E-state index in [1.54, 1.807) is 13.0 Å². The maximum atomic E-state index is 13.0. The van der Waals surface area contributed by atoms with Gasteiger partial charge in [0.25, 0.3) is 0 Å². The Hall–Kier alpha value is -2.30. The maximum absolute atomic E-state index is 13.0. The van der Waals surface area contributed by atoms with Gasteiger partial charge < -0.3 is 14.8 Å². The zero-order chi connectivity index (χ0) is 23.9. The Labute approximate surface area is 193 Å². The molecule has 1 aliphatic rings. The zero-order valence-corrected chi connectivity index (χ0v) is 20.8. The van der Waals surface area contributed by atoms with Gasteiger partial charge in [-0.05, 0) is 70.3 Å². The van der Waals surface area contributed by atoms with Crippen LogP contribution in [0.25, 0.3) is 0 Å². The lowest BCUT2D eigenvalue weighted by Gasteiger charge is -2.36. The first-order chi connectivity index (χ1) is 14.9. The molecule has 1 amide bonds. The Morgan fingerprint density at radius 3 is 2.41 bits per heavy atom. The second-order valence-corrected chi connectivity index (χ2v) is 10.6. The van der Waals surface area contributed by atoms with Gasteiger partial charge in [0.1, 0.15) is 11.7 Å². The summed E-state index contributed by atoms with van der Waals surface area (Å²) < 4.78 is 11.4. The molecule has 1 saturated carbocycles. The Morgan fingerprint density at radius 2 is 1.81 bits per heavy atom. The Bertz CT molecular complexity index is 779. The molecular weight excluding hydrogens is 402 g/mol. The third kappa shape index (κ3) is 8.68. The van der Waals surface area contributed by atoms with Gasteiger partial charge in [-0.1, -0.05) is 63.6 Å². The number of rotatable bonds is 7. The van der Waals surface area contributed by atoms with Gasteiger partial charge in [-0.2, -0.15) is 0 Å². The Balaban J connectivity index is 2.13. The van der Waals surface area contributed by atoms with E-state index >= 15 is 0 Å². The first kappa shape index (κ1) is 26.0. The predicted molar refractivity (Wildman–Crippen MR) is 128 cm³/mol. The topological polar surface area (TPSA) is 64.6 Å². The molecule has 4 atom stereocenters. The molecule has 5 heteroatoms. The summed E-state index contributed by atoms with van der Waals surface area (Å²) in [4.78, 5) is 25.4. The highest BCUT2D eigenvalue weighted by atomic mass is 16.6. The number of hydrogen-bond acceptors (Lipinski definition) is 4. The van der Waals surface area contributed by atoms with Crippen LogP contribution in [0.3, 0.4) is 0 Å². The van der Waals surface area contributed by atoms with Crippen LogP contribution in [0.2, 0.25) is 0 Å². The van der Waals surface area contributed by atoms with E-state index in [2.05, 4.69) is 26.1 Å². The highest BCUT2D eigenvalue weighted by Gasteiger charge is 2.33. The van der Waals surface area contributed by atoms with Gasteiger partial charge in [-0.25, -0.2) is 9.59 Å². The van der Waals surface area contributed by atoms with Crippen molar-refractivity contribution in [3.63, 3.8) is 0 Å². The van der Waals surface area contributed by atoms with E-state index in [0.29, 0.717) is 29.7 Å². The Morgan fingerprint density at radius 1 is 1.16 bits per heavy atom. The van der Waals surface area contributed by atoms with Crippen molar-refractivity contribution in [1.82, 2.24) is 5.32 Å². The summed E-state index contributed by atoms with van der Waals surface area (Å²) in [6.45, 7) is 13.9. The number of benzene rings is 1. The molecule has 0 aliphatic heterocycles. The first-order valence-corrected chi connectivity index (χ1v) is 11.9. The van der Waals surface area contributed by atoms with Gasteiger partial charge in [-0.15, -0.1) is 0 Å². The van der Waals surface area contributed by atoms with Gasteiger partial charge in [0.05, 0.1) is 6.04 Å². The maximum Gasteiger partial charge on any atom is 0.408 e. The quantitative estimate of drug-likeness (QED) is 0.410. The van der Waals surface area contributed by atoms with Gasteiger partial charge >= 0.3 is 12.1 Å². The fourth-order valence-corrected chi connectivity index (χ4v) is 4.33. The van der Waals surface area contributed by atoms with Crippen LogP contribution in [0, 0.1) is 17.8 Å². The van der Waals surface area contributed by atoms with Crippen molar-refractivity contribution < 1.29 is 19.1 Å². The van der Waals surface area contributed by atoms with Gasteiger partial charge in [0.15, 0.2) is 0 Å². The molecule has 0 radical (unpaired) electrons. The molecule has 0 bridgehead atoms. The second-order valence-electron chi connectivity index (χ2n) is 10.6. The molecule has 1 N–H and O–H groups in total. The minimum absolute atomic E-state index is 0.0546. The SMILES string of the molecule is CC(=CC(Cc1ccccc1)NC(=O)OC(C)(C)C)C(=O)O[C@@H]1C[C@H](C)CC[C@H]1C(C)C. The number of alkyl carbamates (subject to hydrolysis) is 1. The summed E-state index contributed by atoms with van der Waals surface area (Å²) in [6, 6.07) is 9.49. The van der Waals surface area contributed by atoms with Crippen molar-refractivity contribution in [2.45, 2.75) is 91.9 Å². The normalized spacial score (nSPS) is 22.9. The molecular formula is C27H41NO4. The second kappa shape index (κ2) is 11.5. The van der Waals surface area contributed by atoms with E-state index in [0.717, 1.165) is 18.4 Å². The van der Waals surface area contributed by atoms with Gasteiger partial charge in [0, 0.05) is 5.57 Å². The number of esters is 1. The summed E-state index contributed by atoms with van der Waals surface area (Å²) in [6.07, 6.45) is 4.97. The third-order valence-electron chi connectivity index (χ3n) is 5.99. The Kier molecular flexibility index (Phi) is 9.35. The minimum Gasteiger partial charge on any atom is -0.459 e. The number of amides is 1. The van der Waals surface area contributed by atoms with Crippen molar-refractivity contribution in [1.29, 1.82) is 0 Å². The van der Waals surface area contributed by atoms with Crippen molar-refractivity contribution in [2.75, 3.05) is 0 Å². The molecule has 1 aliphatic carbocycles. The van der Waals surface area contributed by atoms with E-state index in [4.69, 9.17) is 9.47 Å². The van der Waals surface area contributed by atoms with Crippen molar-refractivity contribution in [3.8, 4) is 0 Å². The van der Waals surface area contributed by atoms with E-state index in [9.17, 15) is 9.59 Å². The van der Waals surface area contributed by atoms with E-state index in [-0.39, 0.29) is 18.1 Å². The average molecular weight is 444 g/mol. The van der Waals surface area contributed by atoms with Crippen molar-refractivity contribution >= 4 is 12.1 Å². The summed E-state index contributed by atoms with van der Waals surface area (Å²) >= 11 is 0. The summed E-state index contributed by atoms with van der Waals surface area (Å²) in [5, 5.41) is 2.90. The molecule has 1 aromatic carbocycles. The molecule has 0 saturated heterocycles. The summed E-state index contributed by atoms with van der Waals surface area (Å²) in [7, 11) is 0. The third-order valence-corrected chi connectivity index (χ3v) is 5.99. The lowest BCUT2D eigenvalue weighted by Crippen LogP contribution is -2.40. The van der Waals surface area contributed by atoms with Crippen LogP contribution >= 0.6 is 0 Å². The number of ether oxygens (including phenoxy) is 2. The standard InChI is InChI=1S/C27H41NO4/c1-18(2)23-14-13-19(3)15-24(23)31-25(29)20(4)16-22(17-21-11-9-8-10-12-21)28-26(30)32-27(5,6)7/h8-12,16,18-19,22-24H,13-15,17H2,1-7H3,(H,28,30)/t19-,22?,23+,24-/m1/s1. The van der Waals surface area contributed by atoms with Crippen molar-refractivity contribution in [2.24, 2.45) is 17.8 Å². The molecule has 0 aromatic heterocycles. The zero-order valence-electron chi connectivity index (χ0n) is 20.8. The van der Waals surface area contributed by atoms with Crippen LogP contribution in [-0.2, 0) is 20.7 Å². The number of hydrogen-bond donors (Lipinski definition) is 1. The number of nitrogens with one attached hydrogen (secondary N) is 1. The molecule has 5 nitrogen and oxygen atoms in total. The molecule has 1 aromatic rings. The molecule has 178 valence electrons. The van der Waals surface area contributed by atoms with Crippen LogP contribution in [0.15, 0.2) is 42.0 Å². The molecule has 1 fully saturated rings. The van der Waals surface area contributed by atoms with Crippen molar-refractivity contribution in [3.05, 3.63) is 47.5 Å². The minimum atomic E-state index is -0.595. The average Bonchev–Trinajstić information content (AvgIpc) is 2.66. The van der Waals surface area contributed by atoms with Gasteiger partial charge in [0.2, 0.25) is 0 Å². The smallest absolute Gasteiger partial charge is 0.408 e. The van der Waals surface area contributed by atoms with Gasteiger partial charge in [-0.3, -0.25) is 0 Å². The van der Waals surface area contributed by atoms with Crippen LogP contribution in [0.4, 0.5) is 4.79 Å². The molecule has 32 heavy (non-hydrogen) atoms. The molecule has 1 unspecified atom stereocenters. The molecule has 0 heterocycles. The molecule has 0 spiro atoms. The van der Waals surface area contributed by atoms with Crippen LogP contribution in [0.5, 0.6) is 0 Å². The van der Waals surface area contributed by atoms with E-state index in [1.165, 1.54) is 6.42 Å². The lowest BCUT2D eigenvalue weighted by atomic mass is 9.75. The fraction of sp³-hybridized carbons (Fsp3) is 0.630. The monoisotopic (exact) mass is 443 g/mol. The van der Waals surface area contributed by atoms with E-state index < -0.39 is 11.7 Å². The van der Waals surface area contributed by atoms with E-state index in [1.807, 2.05) is 51.1 Å².